The lowest BCUT2D eigenvalue weighted by molar-refractivity contribution is 0.475. The van der Waals surface area contributed by atoms with Gasteiger partial charge in [-0.25, -0.2) is 15.0 Å². The molecule has 2 aromatic carbocycles. The molecule has 0 saturated heterocycles. The molecule has 0 atom stereocenters. The number of phenolic OH excluding ortho intramolecular Hbond substituents is 2. The first-order chi connectivity index (χ1) is 12.1. The van der Waals surface area contributed by atoms with E-state index in [1.54, 1.807) is 48.5 Å². The molecule has 4 N–H and O–H groups in total. The number of hydrogen-bond acceptors (Lipinski definition) is 6. The van der Waals surface area contributed by atoms with Crippen LogP contribution in [0, 0.1) is 0 Å². The van der Waals surface area contributed by atoms with E-state index >= 15 is 0 Å². The number of aromatic hydroxyl groups is 2. The number of halogens is 1. The predicted molar refractivity (Wildman–Crippen MR) is 103 cm³/mol. The number of pyridine rings is 1. The third kappa shape index (κ3) is 3.22. The first kappa shape index (κ1) is 17.4. The van der Waals surface area contributed by atoms with Gasteiger partial charge in [-0.05, 0) is 36.4 Å². The van der Waals surface area contributed by atoms with Crippen LogP contribution in [0.2, 0.25) is 0 Å². The van der Waals surface area contributed by atoms with E-state index in [1.165, 1.54) is 0 Å². The molecule has 4 aromatic rings. The molecule has 0 spiro atoms. The van der Waals surface area contributed by atoms with Gasteiger partial charge < -0.3 is 15.9 Å². The molecule has 0 saturated carbocycles. The summed E-state index contributed by atoms with van der Waals surface area (Å²) in [5, 5.41) is 19.6. The van der Waals surface area contributed by atoms with Crippen molar-refractivity contribution in [2.45, 2.75) is 0 Å². The van der Waals surface area contributed by atoms with Crippen molar-refractivity contribution in [3.05, 3.63) is 60.7 Å². The Labute approximate surface area is 155 Å². The van der Waals surface area contributed by atoms with Crippen LogP contribution >= 0.6 is 12.4 Å². The summed E-state index contributed by atoms with van der Waals surface area (Å²) < 4.78 is 0. The van der Waals surface area contributed by atoms with Crippen LogP contribution in [0.5, 0.6) is 11.5 Å². The minimum atomic E-state index is 0. The Kier molecular flexibility index (Phi) is 4.60. The SMILES string of the molecule is Cl.Nc1ccc2nc(-c3cccc(O)c3)c(-c3cccc(O)c3)nc2n1. The number of rotatable bonds is 2. The van der Waals surface area contributed by atoms with Crippen molar-refractivity contribution in [1.29, 1.82) is 0 Å². The fraction of sp³-hybridized carbons (Fsp3) is 0. The fourth-order valence-electron chi connectivity index (χ4n) is 2.67. The van der Waals surface area contributed by atoms with Crippen LogP contribution in [0.1, 0.15) is 0 Å². The Morgan fingerprint density at radius 3 is 1.85 bits per heavy atom. The molecule has 4 rings (SSSR count). The van der Waals surface area contributed by atoms with Crippen molar-refractivity contribution in [2.24, 2.45) is 0 Å². The third-order valence-electron chi connectivity index (χ3n) is 3.79. The summed E-state index contributed by atoms with van der Waals surface area (Å²) in [4.78, 5) is 13.5. The molecule has 26 heavy (non-hydrogen) atoms. The van der Waals surface area contributed by atoms with Crippen LogP contribution in [-0.4, -0.2) is 25.2 Å². The molecular weight excluding hydrogens is 352 g/mol. The Morgan fingerprint density at radius 1 is 0.692 bits per heavy atom. The van der Waals surface area contributed by atoms with Gasteiger partial charge in [0.2, 0.25) is 0 Å². The Balaban J connectivity index is 0.00000196. The van der Waals surface area contributed by atoms with Crippen LogP contribution in [0.15, 0.2) is 60.7 Å². The largest absolute Gasteiger partial charge is 0.508 e. The molecular formula is C19H15ClN4O2. The lowest BCUT2D eigenvalue weighted by Crippen LogP contribution is -1.99. The van der Waals surface area contributed by atoms with Crippen LogP contribution in [0.4, 0.5) is 5.82 Å². The van der Waals surface area contributed by atoms with Crippen molar-refractivity contribution < 1.29 is 10.2 Å². The van der Waals surface area contributed by atoms with Gasteiger partial charge in [0.25, 0.3) is 0 Å². The van der Waals surface area contributed by atoms with Gasteiger partial charge in [0.05, 0.1) is 11.4 Å². The molecule has 0 unspecified atom stereocenters. The number of anilines is 1. The van der Waals surface area contributed by atoms with Gasteiger partial charge in [-0.15, -0.1) is 12.4 Å². The molecule has 2 aromatic heterocycles. The number of fused-ring (bicyclic) bond motifs is 1. The summed E-state index contributed by atoms with van der Waals surface area (Å²) in [6.45, 7) is 0. The average molecular weight is 367 g/mol. The molecule has 130 valence electrons. The summed E-state index contributed by atoms with van der Waals surface area (Å²) in [6, 6.07) is 17.0. The molecule has 0 amide bonds. The van der Waals surface area contributed by atoms with Crippen molar-refractivity contribution in [1.82, 2.24) is 15.0 Å². The molecule has 0 aliphatic rings. The zero-order valence-electron chi connectivity index (χ0n) is 13.5. The van der Waals surface area contributed by atoms with Crippen molar-refractivity contribution in [2.75, 3.05) is 5.73 Å². The molecule has 2 heterocycles. The topological polar surface area (TPSA) is 105 Å². The number of nitrogen functional groups attached to an aromatic ring is 1. The Hall–Kier alpha value is -3.38. The minimum absolute atomic E-state index is 0. The number of phenols is 2. The van der Waals surface area contributed by atoms with Gasteiger partial charge in [-0.2, -0.15) is 0 Å². The van der Waals surface area contributed by atoms with E-state index in [9.17, 15) is 10.2 Å². The average Bonchev–Trinajstić information content (AvgIpc) is 2.60. The highest BCUT2D eigenvalue weighted by atomic mass is 35.5. The van der Waals surface area contributed by atoms with Crippen molar-refractivity contribution in [3.8, 4) is 34.0 Å². The van der Waals surface area contributed by atoms with Crippen LogP contribution in [0.25, 0.3) is 33.7 Å². The Bertz CT molecular complexity index is 1100. The molecule has 0 aliphatic heterocycles. The molecule has 6 nitrogen and oxygen atoms in total. The summed E-state index contributed by atoms with van der Waals surface area (Å²) in [5.74, 6) is 0.618. The summed E-state index contributed by atoms with van der Waals surface area (Å²) in [6.07, 6.45) is 0. The van der Waals surface area contributed by atoms with E-state index in [0.717, 1.165) is 0 Å². The van der Waals surface area contributed by atoms with Gasteiger partial charge >= 0.3 is 0 Å². The second kappa shape index (κ2) is 6.85. The maximum atomic E-state index is 9.81. The Morgan fingerprint density at radius 2 is 1.27 bits per heavy atom. The summed E-state index contributed by atoms with van der Waals surface area (Å²) in [5.41, 5.74) is 9.30. The molecule has 0 bridgehead atoms. The smallest absolute Gasteiger partial charge is 0.180 e. The number of nitrogens with two attached hydrogens (primary N) is 1. The van der Waals surface area contributed by atoms with Crippen LogP contribution in [-0.2, 0) is 0 Å². The van der Waals surface area contributed by atoms with E-state index in [4.69, 9.17) is 5.73 Å². The van der Waals surface area contributed by atoms with E-state index in [0.29, 0.717) is 39.5 Å². The number of nitrogens with zero attached hydrogens (tertiary/aromatic N) is 3. The van der Waals surface area contributed by atoms with E-state index in [2.05, 4.69) is 15.0 Å². The second-order valence-corrected chi connectivity index (χ2v) is 5.60. The normalized spacial score (nSPS) is 10.5. The zero-order valence-corrected chi connectivity index (χ0v) is 14.3. The number of hydrogen-bond donors (Lipinski definition) is 3. The second-order valence-electron chi connectivity index (χ2n) is 5.60. The first-order valence-electron chi connectivity index (χ1n) is 7.63. The predicted octanol–water partition coefficient (Wildman–Crippen LogP) is 3.77. The van der Waals surface area contributed by atoms with Gasteiger partial charge in [0.1, 0.15) is 22.8 Å². The van der Waals surface area contributed by atoms with Crippen LogP contribution in [0.3, 0.4) is 0 Å². The maximum absolute atomic E-state index is 9.81. The molecule has 7 heteroatoms. The minimum Gasteiger partial charge on any atom is -0.508 e. The molecule has 0 radical (unpaired) electrons. The van der Waals surface area contributed by atoms with Crippen molar-refractivity contribution in [3.63, 3.8) is 0 Å². The van der Waals surface area contributed by atoms with E-state index < -0.39 is 0 Å². The van der Waals surface area contributed by atoms with Crippen molar-refractivity contribution >= 4 is 29.4 Å². The van der Waals surface area contributed by atoms with E-state index in [1.807, 2.05) is 12.1 Å². The highest BCUT2D eigenvalue weighted by Crippen LogP contribution is 2.33. The summed E-state index contributed by atoms with van der Waals surface area (Å²) in [7, 11) is 0. The highest BCUT2D eigenvalue weighted by molar-refractivity contribution is 5.86. The molecule has 0 fully saturated rings. The van der Waals surface area contributed by atoms with Gasteiger partial charge in [-0.3, -0.25) is 0 Å². The maximum Gasteiger partial charge on any atom is 0.180 e. The monoisotopic (exact) mass is 366 g/mol. The third-order valence-corrected chi connectivity index (χ3v) is 3.79. The standard InChI is InChI=1S/C19H14N4O2.ClH/c20-16-8-7-15-19(22-16)23-18(12-4-2-6-14(25)10-12)17(21-15)11-3-1-5-13(24)9-11;/h1-10,24-25H,(H2,20,22,23);1H. The summed E-state index contributed by atoms with van der Waals surface area (Å²) >= 11 is 0. The lowest BCUT2D eigenvalue weighted by atomic mass is 10.0. The van der Waals surface area contributed by atoms with Crippen LogP contribution < -0.4 is 5.73 Å². The number of benzene rings is 2. The number of aromatic nitrogens is 3. The van der Waals surface area contributed by atoms with E-state index in [-0.39, 0.29) is 23.9 Å². The quantitative estimate of drug-likeness (QED) is 0.498. The van der Waals surface area contributed by atoms with Gasteiger partial charge in [-0.1, -0.05) is 24.3 Å². The van der Waals surface area contributed by atoms with Gasteiger partial charge in [0, 0.05) is 11.1 Å². The van der Waals surface area contributed by atoms with Gasteiger partial charge in [0.15, 0.2) is 5.65 Å². The zero-order chi connectivity index (χ0) is 17.4. The fourth-order valence-corrected chi connectivity index (χ4v) is 2.67. The highest BCUT2D eigenvalue weighted by Gasteiger charge is 2.15. The lowest BCUT2D eigenvalue weighted by Gasteiger charge is -2.11. The first-order valence-corrected chi connectivity index (χ1v) is 7.63. The molecule has 0 aliphatic carbocycles.